The molecule has 1 aliphatic rings. The van der Waals surface area contributed by atoms with Gasteiger partial charge in [0.15, 0.2) is 0 Å². The van der Waals surface area contributed by atoms with Crippen molar-refractivity contribution in [1.29, 1.82) is 0 Å². The van der Waals surface area contributed by atoms with Crippen molar-refractivity contribution in [2.75, 3.05) is 19.0 Å². The Balaban J connectivity index is 1.61. The molecule has 0 aromatic carbocycles. The van der Waals surface area contributed by atoms with Gasteiger partial charge >= 0.3 is 0 Å². The minimum atomic E-state index is -2.75. The van der Waals surface area contributed by atoms with Crippen LogP contribution in [0.15, 0.2) is 36.7 Å². The smallest absolute Gasteiger partial charge is 0.280 e. The summed E-state index contributed by atoms with van der Waals surface area (Å²) in [5.41, 5.74) is 1.52. The summed E-state index contributed by atoms with van der Waals surface area (Å²) in [7, 11) is 1.71. The molecule has 1 aliphatic carbocycles. The van der Waals surface area contributed by atoms with Gasteiger partial charge in [0.25, 0.3) is 12.3 Å². The zero-order chi connectivity index (χ0) is 21.3. The van der Waals surface area contributed by atoms with Crippen molar-refractivity contribution in [3.63, 3.8) is 0 Å². The number of rotatable bonds is 7. The van der Waals surface area contributed by atoms with Crippen LogP contribution in [0.1, 0.15) is 54.0 Å². The third-order valence-corrected chi connectivity index (χ3v) is 5.19. The number of anilines is 1. The number of fused-ring (bicyclic) bond motifs is 1. The van der Waals surface area contributed by atoms with Gasteiger partial charge in [-0.3, -0.25) is 4.79 Å². The van der Waals surface area contributed by atoms with Crippen molar-refractivity contribution in [1.82, 2.24) is 14.4 Å². The van der Waals surface area contributed by atoms with E-state index in [-0.39, 0.29) is 11.8 Å². The molecule has 158 valence electrons. The summed E-state index contributed by atoms with van der Waals surface area (Å²) in [6.45, 7) is 2.23. The fraction of sp³-hybridized carbons (Fsp3) is 0.381. The quantitative estimate of drug-likeness (QED) is 0.624. The SMILES string of the molecule is CCOc1cc2nc([C@H]3C[C@@H](OC)C3)cn2cc1NC(=O)c1cccc(C(F)F)n1. The van der Waals surface area contributed by atoms with Crippen molar-refractivity contribution in [2.24, 2.45) is 0 Å². The van der Waals surface area contributed by atoms with Gasteiger partial charge in [0.1, 0.15) is 28.5 Å². The molecule has 0 aliphatic heterocycles. The van der Waals surface area contributed by atoms with E-state index in [2.05, 4.69) is 15.3 Å². The second-order valence-electron chi connectivity index (χ2n) is 7.14. The maximum absolute atomic E-state index is 12.9. The number of nitrogens with zero attached hydrogens (tertiary/aromatic N) is 3. The van der Waals surface area contributed by atoms with Gasteiger partial charge in [-0.2, -0.15) is 0 Å². The number of aromatic nitrogens is 3. The Morgan fingerprint density at radius 3 is 2.80 bits per heavy atom. The summed E-state index contributed by atoms with van der Waals surface area (Å²) in [6.07, 6.45) is 3.00. The van der Waals surface area contributed by atoms with Crippen molar-refractivity contribution in [3.05, 3.63) is 53.7 Å². The van der Waals surface area contributed by atoms with Crippen molar-refractivity contribution >= 4 is 17.2 Å². The van der Waals surface area contributed by atoms with Gasteiger partial charge in [-0.1, -0.05) is 6.07 Å². The van der Waals surface area contributed by atoms with E-state index in [1.807, 2.05) is 17.5 Å². The van der Waals surface area contributed by atoms with Gasteiger partial charge in [-0.25, -0.2) is 18.7 Å². The number of imidazole rings is 1. The lowest BCUT2D eigenvalue weighted by Gasteiger charge is -2.32. The number of hydrogen-bond donors (Lipinski definition) is 1. The molecule has 0 atom stereocenters. The van der Waals surface area contributed by atoms with E-state index >= 15 is 0 Å². The zero-order valence-electron chi connectivity index (χ0n) is 16.6. The first-order valence-electron chi connectivity index (χ1n) is 9.73. The van der Waals surface area contributed by atoms with Gasteiger partial charge in [0, 0.05) is 31.5 Å². The highest BCUT2D eigenvalue weighted by Crippen LogP contribution is 2.38. The molecule has 3 heterocycles. The first-order chi connectivity index (χ1) is 14.5. The third-order valence-electron chi connectivity index (χ3n) is 5.19. The molecule has 30 heavy (non-hydrogen) atoms. The summed E-state index contributed by atoms with van der Waals surface area (Å²) >= 11 is 0. The predicted octanol–water partition coefficient (Wildman–Crippen LogP) is 4.21. The largest absolute Gasteiger partial charge is 0.491 e. The van der Waals surface area contributed by atoms with Crippen molar-refractivity contribution in [3.8, 4) is 5.75 Å². The van der Waals surface area contributed by atoms with Crippen LogP contribution in [-0.2, 0) is 4.74 Å². The molecule has 3 aromatic heterocycles. The van der Waals surface area contributed by atoms with Crippen LogP contribution < -0.4 is 10.1 Å². The van der Waals surface area contributed by atoms with Crippen LogP contribution in [0.5, 0.6) is 5.75 Å². The molecule has 1 N–H and O–H groups in total. The highest BCUT2D eigenvalue weighted by molar-refractivity contribution is 6.03. The summed E-state index contributed by atoms with van der Waals surface area (Å²) in [5.74, 6) is 0.189. The Hall–Kier alpha value is -3.07. The number of carbonyl (C=O) groups excluding carboxylic acids is 1. The second-order valence-corrected chi connectivity index (χ2v) is 7.14. The molecule has 0 radical (unpaired) electrons. The number of carbonyl (C=O) groups is 1. The van der Waals surface area contributed by atoms with E-state index in [1.54, 1.807) is 19.4 Å². The van der Waals surface area contributed by atoms with Crippen LogP contribution in [0.25, 0.3) is 5.65 Å². The number of ether oxygens (including phenoxy) is 2. The number of halogens is 2. The lowest BCUT2D eigenvalue weighted by Crippen LogP contribution is -2.28. The molecule has 1 saturated carbocycles. The highest BCUT2D eigenvalue weighted by atomic mass is 19.3. The predicted molar refractivity (Wildman–Crippen MR) is 106 cm³/mol. The Kier molecular flexibility index (Phi) is 5.63. The van der Waals surface area contributed by atoms with E-state index in [4.69, 9.17) is 9.47 Å². The molecule has 0 unspecified atom stereocenters. The number of alkyl halides is 2. The van der Waals surface area contributed by atoms with Crippen LogP contribution in [0.3, 0.4) is 0 Å². The van der Waals surface area contributed by atoms with Gasteiger partial charge in [0.2, 0.25) is 0 Å². The van der Waals surface area contributed by atoms with Gasteiger partial charge < -0.3 is 19.2 Å². The number of methoxy groups -OCH3 is 1. The van der Waals surface area contributed by atoms with Crippen LogP contribution in [0.2, 0.25) is 0 Å². The average molecular weight is 416 g/mol. The minimum Gasteiger partial charge on any atom is -0.491 e. The first kappa shape index (κ1) is 20.2. The number of pyridine rings is 2. The Morgan fingerprint density at radius 2 is 2.10 bits per heavy atom. The Bertz CT molecular complexity index is 1060. The summed E-state index contributed by atoms with van der Waals surface area (Å²) in [4.78, 5) is 21.0. The van der Waals surface area contributed by atoms with E-state index in [9.17, 15) is 13.6 Å². The first-order valence-corrected chi connectivity index (χ1v) is 9.73. The average Bonchev–Trinajstić information content (AvgIpc) is 3.09. The van der Waals surface area contributed by atoms with Gasteiger partial charge in [-0.05, 0) is 31.9 Å². The minimum absolute atomic E-state index is 0.0956. The fourth-order valence-corrected chi connectivity index (χ4v) is 3.49. The fourth-order valence-electron chi connectivity index (χ4n) is 3.49. The van der Waals surface area contributed by atoms with Gasteiger partial charge in [0.05, 0.1) is 18.4 Å². The monoisotopic (exact) mass is 416 g/mol. The standard InChI is InChI=1S/C21H22F2N4O3/c1-3-30-18-9-19-25-16(12-7-13(8-12)29-2)10-27(19)11-17(18)26-21(28)15-6-4-5-14(24-15)20(22)23/h4-6,9-13,20H,3,7-8H2,1-2H3,(H,26,28)/t12-,13+. The molecule has 4 rings (SSSR count). The Morgan fingerprint density at radius 1 is 1.30 bits per heavy atom. The molecule has 0 spiro atoms. The van der Waals surface area contributed by atoms with E-state index in [0.29, 0.717) is 29.6 Å². The Labute approximate surface area is 172 Å². The molecule has 3 aromatic rings. The normalized spacial score (nSPS) is 18.4. The van der Waals surface area contributed by atoms with Crippen molar-refractivity contribution in [2.45, 2.75) is 38.2 Å². The molecular formula is C21H22F2N4O3. The topological polar surface area (TPSA) is 77.8 Å². The van der Waals surface area contributed by atoms with Crippen LogP contribution in [0, 0.1) is 0 Å². The summed E-state index contributed by atoms with van der Waals surface area (Å²) < 4.78 is 38.6. The molecule has 0 saturated heterocycles. The lowest BCUT2D eigenvalue weighted by atomic mass is 9.80. The molecule has 0 bridgehead atoms. The molecular weight excluding hydrogens is 394 g/mol. The number of nitrogens with one attached hydrogen (secondary N) is 1. The van der Waals surface area contributed by atoms with Gasteiger partial charge in [-0.15, -0.1) is 0 Å². The van der Waals surface area contributed by atoms with Crippen LogP contribution in [-0.4, -0.2) is 40.1 Å². The summed E-state index contributed by atoms with van der Waals surface area (Å²) in [5, 5.41) is 2.71. The molecule has 1 fully saturated rings. The van der Waals surface area contributed by atoms with E-state index in [0.717, 1.165) is 18.5 Å². The van der Waals surface area contributed by atoms with Crippen LogP contribution in [0.4, 0.5) is 14.5 Å². The molecule has 1 amide bonds. The number of hydrogen-bond acceptors (Lipinski definition) is 5. The zero-order valence-corrected chi connectivity index (χ0v) is 16.6. The maximum atomic E-state index is 12.9. The highest BCUT2D eigenvalue weighted by Gasteiger charge is 2.32. The van der Waals surface area contributed by atoms with E-state index in [1.165, 1.54) is 18.2 Å². The summed E-state index contributed by atoms with van der Waals surface area (Å²) in [6, 6.07) is 5.70. The molecule has 9 heteroatoms. The number of amides is 1. The maximum Gasteiger partial charge on any atom is 0.280 e. The third kappa shape index (κ3) is 3.97. The second kappa shape index (κ2) is 8.35. The van der Waals surface area contributed by atoms with Crippen molar-refractivity contribution < 1.29 is 23.0 Å². The van der Waals surface area contributed by atoms with E-state index < -0.39 is 18.0 Å². The lowest BCUT2D eigenvalue weighted by molar-refractivity contribution is 0.0249. The van der Waals surface area contributed by atoms with Crippen LogP contribution >= 0.6 is 0 Å². The molecule has 7 nitrogen and oxygen atoms in total.